The molecule has 0 spiro atoms. The fourth-order valence-corrected chi connectivity index (χ4v) is 5.26. The van der Waals surface area contributed by atoms with Crippen molar-refractivity contribution in [2.45, 2.75) is 31.1 Å². The number of aromatic nitrogens is 4. The van der Waals surface area contributed by atoms with Crippen LogP contribution in [-0.2, 0) is 11.3 Å². The van der Waals surface area contributed by atoms with E-state index in [2.05, 4.69) is 26.3 Å². The molecule has 11 heteroatoms. The Morgan fingerprint density at radius 1 is 1.06 bits per heavy atom. The lowest BCUT2D eigenvalue weighted by Crippen LogP contribution is -2.32. The normalized spacial score (nSPS) is 21.8. The van der Waals surface area contributed by atoms with Crippen LogP contribution in [-0.4, -0.2) is 71.2 Å². The maximum atomic E-state index is 10.6. The van der Waals surface area contributed by atoms with E-state index >= 15 is 0 Å². The first-order valence-corrected chi connectivity index (χ1v) is 12.8. The molecule has 4 aromatic rings. The van der Waals surface area contributed by atoms with Crippen LogP contribution in [0.25, 0.3) is 22.3 Å². The Bertz CT molecular complexity index is 1330. The van der Waals surface area contributed by atoms with Gasteiger partial charge in [-0.1, -0.05) is 36.4 Å². The first-order chi connectivity index (χ1) is 17.5. The molecule has 1 aliphatic rings. The third-order valence-corrected chi connectivity index (χ3v) is 7.23. The summed E-state index contributed by atoms with van der Waals surface area (Å²) in [5.41, 5.74) is 9.62. The van der Waals surface area contributed by atoms with Crippen LogP contribution in [0, 0.1) is 0 Å². The second-order valence-corrected chi connectivity index (χ2v) is 9.75. The number of ether oxygens (including phenoxy) is 1. The van der Waals surface area contributed by atoms with Crippen LogP contribution in [0.2, 0.25) is 0 Å². The minimum Gasteiger partial charge on any atom is -0.507 e. The minimum absolute atomic E-state index is 0.247. The van der Waals surface area contributed by atoms with Crippen LogP contribution in [0.3, 0.4) is 0 Å². The van der Waals surface area contributed by atoms with Crippen LogP contribution in [0.1, 0.15) is 11.8 Å². The largest absolute Gasteiger partial charge is 0.507 e. The van der Waals surface area contributed by atoms with Gasteiger partial charge in [-0.05, 0) is 23.3 Å². The second kappa shape index (κ2) is 10.8. The molecule has 5 rings (SSSR count). The summed E-state index contributed by atoms with van der Waals surface area (Å²) in [6, 6.07) is 15.4. The molecule has 3 heterocycles. The topological polar surface area (TPSA) is 152 Å². The van der Waals surface area contributed by atoms with Gasteiger partial charge in [-0.15, -0.1) is 0 Å². The summed E-state index contributed by atoms with van der Waals surface area (Å²) in [7, 11) is 0. The molecule has 10 nitrogen and oxygen atoms in total. The number of aliphatic hydroxyl groups excluding tert-OH is 2. The van der Waals surface area contributed by atoms with Crippen molar-refractivity contribution in [2.24, 2.45) is 0 Å². The van der Waals surface area contributed by atoms with Crippen LogP contribution in [0.15, 0.2) is 61.2 Å². The molecule has 4 atom stereocenters. The molecule has 6 N–H and O–H groups in total. The van der Waals surface area contributed by atoms with Gasteiger partial charge in [0, 0.05) is 30.2 Å². The van der Waals surface area contributed by atoms with E-state index in [1.54, 1.807) is 22.4 Å². The number of rotatable bonds is 9. The van der Waals surface area contributed by atoms with Gasteiger partial charge in [0.1, 0.15) is 29.8 Å². The molecule has 188 valence electrons. The molecule has 0 aliphatic carbocycles. The Balaban J connectivity index is 1.09. The number of aliphatic hydroxyl groups is 2. The van der Waals surface area contributed by atoms with E-state index in [1.165, 1.54) is 12.7 Å². The summed E-state index contributed by atoms with van der Waals surface area (Å²) in [6.45, 7) is 1.46. The average molecular weight is 509 g/mol. The zero-order chi connectivity index (χ0) is 25.1. The zero-order valence-corrected chi connectivity index (χ0v) is 20.3. The van der Waals surface area contributed by atoms with Gasteiger partial charge < -0.3 is 31.1 Å². The van der Waals surface area contributed by atoms with Gasteiger partial charge in [0.05, 0.1) is 12.4 Å². The summed E-state index contributed by atoms with van der Waals surface area (Å²) >= 11 is 1.64. The SMILES string of the molecule is Nc1ncnc2c1ncn2[C@@H]1O[C@H](CSCCNCc2cccc(-c3ccccc3O)c2)[C@@H](O)[C@H]1O. The smallest absolute Gasteiger partial charge is 0.167 e. The standard InChI is InChI=1S/C25H28N6O4S/c26-23-20-24(29-13-28-23)31(14-30-20)25-22(34)21(33)19(35-25)12-36-9-8-27-11-15-4-3-5-16(10-15)17-6-1-2-7-18(17)32/h1-7,10,13-14,19,21-22,25,27,32-34H,8-9,11-12H2,(H2,26,28,29)/t19-,21-,22-,25-/m1/s1. The number of nitrogens with two attached hydrogens (primary N) is 1. The number of benzene rings is 2. The molecule has 0 radical (unpaired) electrons. The highest BCUT2D eigenvalue weighted by atomic mass is 32.2. The van der Waals surface area contributed by atoms with Crippen molar-refractivity contribution in [1.82, 2.24) is 24.8 Å². The number of aromatic hydroxyl groups is 1. The zero-order valence-electron chi connectivity index (χ0n) is 19.4. The summed E-state index contributed by atoms with van der Waals surface area (Å²) in [4.78, 5) is 12.3. The number of phenolic OH excluding ortho intramolecular Hbond substituents is 1. The number of nitrogen functional groups attached to an aromatic ring is 1. The number of thioether (sulfide) groups is 1. The van der Waals surface area contributed by atoms with Crippen molar-refractivity contribution in [1.29, 1.82) is 0 Å². The van der Waals surface area contributed by atoms with E-state index in [-0.39, 0.29) is 11.6 Å². The van der Waals surface area contributed by atoms with Crippen LogP contribution in [0.5, 0.6) is 5.75 Å². The van der Waals surface area contributed by atoms with E-state index < -0.39 is 24.5 Å². The molecule has 2 aromatic carbocycles. The van der Waals surface area contributed by atoms with Crippen LogP contribution in [0.4, 0.5) is 5.82 Å². The molecule has 0 unspecified atom stereocenters. The van der Waals surface area contributed by atoms with Gasteiger partial charge in [-0.2, -0.15) is 11.8 Å². The predicted molar refractivity (Wildman–Crippen MR) is 138 cm³/mol. The molecule has 0 bridgehead atoms. The lowest BCUT2D eigenvalue weighted by molar-refractivity contribution is -0.0289. The van der Waals surface area contributed by atoms with Gasteiger partial charge in [0.2, 0.25) is 0 Å². The second-order valence-electron chi connectivity index (χ2n) is 8.60. The molecule has 36 heavy (non-hydrogen) atoms. The quantitative estimate of drug-likeness (QED) is 0.212. The molecule has 1 saturated heterocycles. The molecule has 2 aromatic heterocycles. The Labute approximate surface area is 212 Å². The lowest BCUT2D eigenvalue weighted by atomic mass is 10.0. The van der Waals surface area contributed by atoms with Crippen LogP contribution >= 0.6 is 11.8 Å². The average Bonchev–Trinajstić information content (AvgIpc) is 3.44. The third kappa shape index (κ3) is 5.01. The first-order valence-electron chi connectivity index (χ1n) is 11.6. The van der Waals surface area contributed by atoms with E-state index in [0.717, 1.165) is 29.0 Å². The fraction of sp³-hybridized carbons (Fsp3) is 0.320. The Kier molecular flexibility index (Phi) is 7.35. The highest BCUT2D eigenvalue weighted by Gasteiger charge is 2.44. The maximum absolute atomic E-state index is 10.6. The van der Waals surface area contributed by atoms with Gasteiger partial charge in [-0.25, -0.2) is 15.0 Å². The number of para-hydroxylation sites is 1. The Hall–Kier alpha value is -3.22. The van der Waals surface area contributed by atoms with E-state index in [0.29, 0.717) is 23.5 Å². The monoisotopic (exact) mass is 508 g/mol. The van der Waals surface area contributed by atoms with Gasteiger partial charge in [0.15, 0.2) is 17.7 Å². The number of imidazole rings is 1. The van der Waals surface area contributed by atoms with Crippen molar-refractivity contribution >= 4 is 28.7 Å². The predicted octanol–water partition coefficient (Wildman–Crippen LogP) is 1.92. The van der Waals surface area contributed by atoms with E-state index in [9.17, 15) is 15.3 Å². The van der Waals surface area contributed by atoms with Crippen LogP contribution < -0.4 is 11.1 Å². The highest BCUT2D eigenvalue weighted by molar-refractivity contribution is 7.99. The highest BCUT2D eigenvalue weighted by Crippen LogP contribution is 2.33. The number of hydrogen-bond acceptors (Lipinski definition) is 10. The maximum Gasteiger partial charge on any atom is 0.167 e. The summed E-state index contributed by atoms with van der Waals surface area (Å²) in [5.74, 6) is 1.85. The number of hydrogen-bond donors (Lipinski definition) is 5. The van der Waals surface area contributed by atoms with E-state index in [1.807, 2.05) is 36.4 Å². The number of anilines is 1. The molecule has 0 saturated carbocycles. The van der Waals surface area contributed by atoms with Crippen molar-refractivity contribution in [3.63, 3.8) is 0 Å². The molecular weight excluding hydrogens is 480 g/mol. The minimum atomic E-state index is -1.11. The fourth-order valence-electron chi connectivity index (χ4n) is 4.30. The third-order valence-electron chi connectivity index (χ3n) is 6.17. The Morgan fingerprint density at radius 2 is 1.92 bits per heavy atom. The van der Waals surface area contributed by atoms with Crippen molar-refractivity contribution in [3.05, 3.63) is 66.7 Å². The van der Waals surface area contributed by atoms with Crippen molar-refractivity contribution < 1.29 is 20.1 Å². The summed E-state index contributed by atoms with van der Waals surface area (Å²) in [5, 5.41) is 34.6. The Morgan fingerprint density at radius 3 is 2.78 bits per heavy atom. The lowest BCUT2D eigenvalue weighted by Gasteiger charge is -2.16. The summed E-state index contributed by atoms with van der Waals surface area (Å²) in [6.07, 6.45) is -0.649. The van der Waals surface area contributed by atoms with Crippen molar-refractivity contribution in [3.8, 4) is 16.9 Å². The van der Waals surface area contributed by atoms with Gasteiger partial charge in [0.25, 0.3) is 0 Å². The van der Waals surface area contributed by atoms with E-state index in [4.69, 9.17) is 10.5 Å². The number of nitrogens with zero attached hydrogens (tertiary/aromatic N) is 4. The number of fused-ring (bicyclic) bond motifs is 1. The first kappa shape index (κ1) is 24.5. The molecule has 1 fully saturated rings. The number of nitrogens with one attached hydrogen (secondary N) is 1. The van der Waals surface area contributed by atoms with Crippen molar-refractivity contribution in [2.75, 3.05) is 23.8 Å². The van der Waals surface area contributed by atoms with Gasteiger partial charge in [-0.3, -0.25) is 4.57 Å². The molecule has 1 aliphatic heterocycles. The molecule has 0 amide bonds. The summed E-state index contributed by atoms with van der Waals surface area (Å²) < 4.78 is 7.56. The van der Waals surface area contributed by atoms with Gasteiger partial charge >= 0.3 is 0 Å². The molecular formula is C25H28N6O4S. The number of phenols is 1.